The van der Waals surface area contributed by atoms with Crippen LogP contribution in [0.4, 0.5) is 5.69 Å². The first kappa shape index (κ1) is 9.11. The summed E-state index contributed by atoms with van der Waals surface area (Å²) in [6.07, 6.45) is 0.161. The number of benzene rings is 2. The van der Waals surface area contributed by atoms with E-state index in [4.69, 9.17) is 4.74 Å². The van der Waals surface area contributed by atoms with Crippen molar-refractivity contribution in [2.75, 3.05) is 11.9 Å². The minimum atomic E-state index is 0.161. The zero-order chi connectivity index (χ0) is 11.4. The van der Waals surface area contributed by atoms with Gasteiger partial charge in [0.15, 0.2) is 6.10 Å². The van der Waals surface area contributed by atoms with Crippen molar-refractivity contribution in [2.45, 2.75) is 12.1 Å². The lowest BCUT2D eigenvalue weighted by Crippen LogP contribution is -2.19. The minimum absolute atomic E-state index is 0.161. The molecule has 0 N–H and O–H groups in total. The molecule has 2 unspecified atom stereocenters. The van der Waals surface area contributed by atoms with E-state index < -0.39 is 0 Å². The summed E-state index contributed by atoms with van der Waals surface area (Å²) < 4.78 is 6.09. The van der Waals surface area contributed by atoms with Crippen molar-refractivity contribution in [2.24, 2.45) is 0 Å². The maximum atomic E-state index is 6.09. The molecular weight excluding hydrogens is 210 g/mol. The molecule has 2 heterocycles. The molecule has 84 valence electrons. The first-order valence-corrected chi connectivity index (χ1v) is 5.93. The fourth-order valence-corrected chi connectivity index (χ4v) is 3.04. The summed E-state index contributed by atoms with van der Waals surface area (Å²) >= 11 is 0. The second-order valence-electron chi connectivity index (χ2n) is 4.69. The van der Waals surface area contributed by atoms with Crippen LogP contribution in [0.25, 0.3) is 0 Å². The quantitative estimate of drug-likeness (QED) is 0.679. The summed E-state index contributed by atoms with van der Waals surface area (Å²) in [4.78, 5) is 2.33. The van der Waals surface area contributed by atoms with Crippen LogP contribution in [-0.4, -0.2) is 7.05 Å². The van der Waals surface area contributed by atoms with Crippen molar-refractivity contribution in [3.05, 3.63) is 59.7 Å². The average molecular weight is 223 g/mol. The monoisotopic (exact) mass is 223 g/mol. The molecule has 2 heteroatoms. The van der Waals surface area contributed by atoms with Gasteiger partial charge in [0.1, 0.15) is 5.75 Å². The molecule has 0 saturated heterocycles. The largest absolute Gasteiger partial charge is 0.483 e. The van der Waals surface area contributed by atoms with E-state index in [9.17, 15) is 0 Å². The highest BCUT2D eigenvalue weighted by Crippen LogP contribution is 2.54. The van der Waals surface area contributed by atoms with Gasteiger partial charge in [-0.15, -0.1) is 0 Å². The van der Waals surface area contributed by atoms with Gasteiger partial charge in [0.25, 0.3) is 0 Å². The van der Waals surface area contributed by atoms with E-state index in [0.29, 0.717) is 6.04 Å². The van der Waals surface area contributed by atoms with E-state index in [1.165, 1.54) is 16.8 Å². The molecule has 0 bridgehead atoms. The molecule has 2 aliphatic rings. The molecule has 0 aliphatic carbocycles. The van der Waals surface area contributed by atoms with Gasteiger partial charge in [-0.25, -0.2) is 0 Å². The number of rotatable bonds is 0. The summed E-state index contributed by atoms with van der Waals surface area (Å²) in [5.41, 5.74) is 3.89. The number of likely N-dealkylation sites (N-methyl/N-ethyl adjacent to an activating group) is 1. The van der Waals surface area contributed by atoms with Gasteiger partial charge in [0, 0.05) is 23.9 Å². The molecular formula is C15H13NO. The van der Waals surface area contributed by atoms with Gasteiger partial charge in [-0.1, -0.05) is 36.4 Å². The Bertz CT molecular complexity index is 593. The van der Waals surface area contributed by atoms with E-state index in [-0.39, 0.29) is 6.10 Å². The molecule has 0 spiro atoms. The summed E-state index contributed by atoms with van der Waals surface area (Å²) in [6, 6.07) is 17.2. The number of hydrogen-bond acceptors (Lipinski definition) is 2. The fraction of sp³-hybridized carbons (Fsp3) is 0.200. The van der Waals surface area contributed by atoms with E-state index in [0.717, 1.165) is 5.75 Å². The van der Waals surface area contributed by atoms with Gasteiger partial charge >= 0.3 is 0 Å². The standard InChI is InChI=1S/C15H13NO/c1-16-12-8-4-2-6-10(12)15-14(16)11-7-3-5-9-13(11)17-15/h2-9,14-15H,1H3. The van der Waals surface area contributed by atoms with Gasteiger partial charge in [-0.05, 0) is 12.1 Å². The van der Waals surface area contributed by atoms with Crippen LogP contribution < -0.4 is 9.64 Å². The van der Waals surface area contributed by atoms with E-state index >= 15 is 0 Å². The number of anilines is 1. The first-order chi connectivity index (χ1) is 8.36. The van der Waals surface area contributed by atoms with Crippen LogP contribution in [0.5, 0.6) is 5.75 Å². The van der Waals surface area contributed by atoms with Gasteiger partial charge in [-0.2, -0.15) is 0 Å². The SMILES string of the molecule is CN1c2ccccc2C2Oc3ccccc3C21. The van der Waals surface area contributed by atoms with Crippen LogP contribution in [0.15, 0.2) is 48.5 Å². The smallest absolute Gasteiger partial charge is 0.150 e. The van der Waals surface area contributed by atoms with E-state index in [2.05, 4.69) is 54.4 Å². The number of nitrogens with zero attached hydrogens (tertiary/aromatic N) is 1. The number of ether oxygens (including phenoxy) is 1. The zero-order valence-corrected chi connectivity index (χ0v) is 9.63. The second-order valence-corrected chi connectivity index (χ2v) is 4.69. The molecule has 17 heavy (non-hydrogen) atoms. The maximum absolute atomic E-state index is 6.09. The van der Waals surface area contributed by atoms with Gasteiger partial charge in [-0.3, -0.25) is 0 Å². The molecule has 0 saturated carbocycles. The lowest BCUT2D eigenvalue weighted by Gasteiger charge is -2.20. The third-order valence-electron chi connectivity index (χ3n) is 3.82. The topological polar surface area (TPSA) is 12.5 Å². The normalized spacial score (nSPS) is 23.9. The van der Waals surface area contributed by atoms with Gasteiger partial charge < -0.3 is 9.64 Å². The van der Waals surface area contributed by atoms with E-state index in [1.54, 1.807) is 0 Å². The van der Waals surface area contributed by atoms with Crippen molar-refractivity contribution in [1.29, 1.82) is 0 Å². The fourth-order valence-electron chi connectivity index (χ4n) is 3.04. The minimum Gasteiger partial charge on any atom is -0.483 e. The number of hydrogen-bond donors (Lipinski definition) is 0. The molecule has 4 rings (SSSR count). The Balaban J connectivity index is 1.91. The summed E-state index contributed by atoms with van der Waals surface area (Å²) in [6.45, 7) is 0. The number of para-hydroxylation sites is 2. The van der Waals surface area contributed by atoms with Gasteiger partial charge in [0.05, 0.1) is 6.04 Å². The first-order valence-electron chi connectivity index (χ1n) is 5.93. The van der Waals surface area contributed by atoms with Gasteiger partial charge in [0.2, 0.25) is 0 Å². The molecule has 0 amide bonds. The lowest BCUT2D eigenvalue weighted by atomic mass is 10.0. The molecule has 0 aromatic heterocycles. The molecule has 0 fully saturated rings. The van der Waals surface area contributed by atoms with Crippen molar-refractivity contribution in [3.8, 4) is 5.75 Å². The zero-order valence-electron chi connectivity index (χ0n) is 9.63. The van der Waals surface area contributed by atoms with Crippen molar-refractivity contribution in [1.82, 2.24) is 0 Å². The Morgan fingerprint density at radius 2 is 1.65 bits per heavy atom. The van der Waals surface area contributed by atoms with Crippen LogP contribution in [0.3, 0.4) is 0 Å². The Morgan fingerprint density at radius 3 is 2.53 bits per heavy atom. The predicted octanol–water partition coefficient (Wildman–Crippen LogP) is 3.31. The molecule has 2 aromatic rings. The van der Waals surface area contributed by atoms with Crippen molar-refractivity contribution < 1.29 is 4.74 Å². The van der Waals surface area contributed by atoms with Crippen molar-refractivity contribution in [3.63, 3.8) is 0 Å². The Kier molecular flexibility index (Phi) is 1.63. The second kappa shape index (κ2) is 3.04. The Labute approximate surface area is 100 Å². The molecule has 2 atom stereocenters. The highest BCUT2D eigenvalue weighted by atomic mass is 16.5. The Hall–Kier alpha value is -1.96. The lowest BCUT2D eigenvalue weighted by molar-refractivity contribution is 0.221. The maximum Gasteiger partial charge on any atom is 0.150 e. The van der Waals surface area contributed by atoms with Crippen LogP contribution in [0.2, 0.25) is 0 Å². The van der Waals surface area contributed by atoms with E-state index in [1.807, 2.05) is 6.07 Å². The van der Waals surface area contributed by atoms with Crippen LogP contribution in [0.1, 0.15) is 23.3 Å². The number of fused-ring (bicyclic) bond motifs is 5. The third kappa shape index (κ3) is 1.05. The highest BCUT2D eigenvalue weighted by Gasteiger charge is 2.44. The molecule has 2 aliphatic heterocycles. The summed E-state index contributed by atoms with van der Waals surface area (Å²) in [5, 5.41) is 0. The molecule has 2 aromatic carbocycles. The summed E-state index contributed by atoms with van der Waals surface area (Å²) in [5.74, 6) is 1.03. The predicted molar refractivity (Wildman–Crippen MR) is 67.4 cm³/mol. The molecule has 0 radical (unpaired) electrons. The molecule has 2 nitrogen and oxygen atoms in total. The van der Waals surface area contributed by atoms with Crippen LogP contribution in [0, 0.1) is 0 Å². The Morgan fingerprint density at radius 1 is 0.941 bits per heavy atom. The van der Waals surface area contributed by atoms with Crippen LogP contribution >= 0.6 is 0 Å². The summed E-state index contributed by atoms with van der Waals surface area (Å²) in [7, 11) is 2.15. The van der Waals surface area contributed by atoms with Crippen LogP contribution in [-0.2, 0) is 0 Å². The average Bonchev–Trinajstić information content (AvgIpc) is 2.88. The van der Waals surface area contributed by atoms with Crippen molar-refractivity contribution >= 4 is 5.69 Å². The highest BCUT2D eigenvalue weighted by molar-refractivity contribution is 5.65. The third-order valence-corrected chi connectivity index (χ3v) is 3.82.